The lowest BCUT2D eigenvalue weighted by atomic mass is 9.86. The number of nitrogens with zero attached hydrogens (tertiary/aromatic N) is 2. The molecule has 1 heterocycles. The number of hydrogen-bond donors (Lipinski definition) is 1. The van der Waals surface area contributed by atoms with Gasteiger partial charge in [-0.2, -0.15) is 0 Å². The summed E-state index contributed by atoms with van der Waals surface area (Å²) >= 11 is 0. The fourth-order valence-electron chi connectivity index (χ4n) is 4.61. The number of hydrogen-bond acceptors (Lipinski definition) is 8. The summed E-state index contributed by atoms with van der Waals surface area (Å²) in [6.45, 7) is 6.78. The summed E-state index contributed by atoms with van der Waals surface area (Å²) in [4.78, 5) is 51.6. The minimum atomic E-state index is -1.00. The van der Waals surface area contributed by atoms with E-state index in [1.54, 1.807) is 30.3 Å². The van der Waals surface area contributed by atoms with Crippen molar-refractivity contribution >= 4 is 29.0 Å². The quantitative estimate of drug-likeness (QED) is 0.240. The molecule has 3 atom stereocenters. The molecule has 10 heteroatoms. The highest BCUT2D eigenvalue weighted by Crippen LogP contribution is 2.45. The number of ether oxygens (including phenoxy) is 2. The Kier molecular flexibility index (Phi) is 8.09. The Labute approximate surface area is 209 Å². The highest BCUT2D eigenvalue weighted by atomic mass is 16.6. The van der Waals surface area contributed by atoms with Crippen molar-refractivity contribution in [3.63, 3.8) is 0 Å². The average molecular weight is 498 g/mol. The molecule has 0 spiro atoms. The van der Waals surface area contributed by atoms with Gasteiger partial charge in [-0.25, -0.2) is 4.79 Å². The number of rotatable bonds is 9. The zero-order valence-electron chi connectivity index (χ0n) is 21.0. The van der Waals surface area contributed by atoms with Gasteiger partial charge >= 0.3 is 11.7 Å². The summed E-state index contributed by atoms with van der Waals surface area (Å²) in [6.07, 6.45) is 0.286. The number of amides is 1. The van der Waals surface area contributed by atoms with Gasteiger partial charge < -0.3 is 15.2 Å². The summed E-state index contributed by atoms with van der Waals surface area (Å²) in [7, 11) is 1.24. The molecule has 3 rings (SSSR count). The highest BCUT2D eigenvalue weighted by Gasteiger charge is 2.39. The molecule has 0 aromatic heterocycles. The number of para-hydroxylation sites is 1. The van der Waals surface area contributed by atoms with Crippen LogP contribution < -0.4 is 15.4 Å². The van der Waals surface area contributed by atoms with Crippen LogP contribution in [0.1, 0.15) is 61.5 Å². The van der Waals surface area contributed by atoms with E-state index in [1.165, 1.54) is 31.9 Å². The van der Waals surface area contributed by atoms with E-state index in [2.05, 4.69) is 0 Å². The van der Waals surface area contributed by atoms with Gasteiger partial charge in [0.25, 0.3) is 0 Å². The van der Waals surface area contributed by atoms with E-state index in [0.717, 1.165) is 0 Å². The van der Waals surface area contributed by atoms with Crippen molar-refractivity contribution in [1.29, 1.82) is 0 Å². The first-order valence-corrected chi connectivity index (χ1v) is 11.7. The van der Waals surface area contributed by atoms with E-state index < -0.39 is 34.8 Å². The van der Waals surface area contributed by atoms with Crippen molar-refractivity contribution < 1.29 is 28.8 Å². The summed E-state index contributed by atoms with van der Waals surface area (Å²) in [5.41, 5.74) is 7.37. The van der Waals surface area contributed by atoms with Crippen molar-refractivity contribution in [3.05, 3.63) is 63.2 Å². The second kappa shape index (κ2) is 10.9. The third kappa shape index (κ3) is 5.08. The molecule has 2 aromatic rings. The molecule has 2 aromatic carbocycles. The zero-order chi connectivity index (χ0) is 26.7. The van der Waals surface area contributed by atoms with Crippen LogP contribution in [0.5, 0.6) is 5.75 Å². The lowest BCUT2D eigenvalue weighted by Gasteiger charge is -2.34. The lowest BCUT2D eigenvalue weighted by molar-refractivity contribution is -0.385. The van der Waals surface area contributed by atoms with Crippen molar-refractivity contribution in [2.45, 2.75) is 52.1 Å². The first kappa shape index (κ1) is 26.8. The first-order valence-electron chi connectivity index (χ1n) is 11.7. The Bertz CT molecular complexity index is 1190. The number of ketones is 1. The minimum Gasteiger partial charge on any atom is -0.486 e. The Morgan fingerprint density at radius 1 is 1.17 bits per heavy atom. The number of anilines is 1. The molecule has 1 aliphatic rings. The van der Waals surface area contributed by atoms with Crippen LogP contribution in [0.4, 0.5) is 11.4 Å². The molecule has 1 unspecified atom stereocenters. The molecule has 0 fully saturated rings. The maximum Gasteiger partial charge on any atom is 0.328 e. The average Bonchev–Trinajstić information content (AvgIpc) is 3.26. The van der Waals surface area contributed by atoms with E-state index in [9.17, 15) is 24.5 Å². The van der Waals surface area contributed by atoms with Crippen molar-refractivity contribution in [2.24, 2.45) is 11.7 Å². The summed E-state index contributed by atoms with van der Waals surface area (Å²) in [5, 5.41) is 11.5. The zero-order valence-corrected chi connectivity index (χ0v) is 21.0. The van der Waals surface area contributed by atoms with Gasteiger partial charge in [0.2, 0.25) is 11.7 Å². The lowest BCUT2D eigenvalue weighted by Crippen LogP contribution is -2.52. The standard InChI is InChI=1S/C26H31N3O7/c1-14(2)12-22(26(32)35-5)28(25(31)15(3)27)20-10-6-8-17(23(20)16(4)30)19-13-36-24-18(19)9-7-11-21(24)29(33)34/h6-11,14-15,19,22H,12-13,27H2,1-5H3/t15?,19-,22-/m0/s1. The number of esters is 1. The van der Waals surface area contributed by atoms with Gasteiger partial charge in [0.05, 0.1) is 30.4 Å². The van der Waals surface area contributed by atoms with E-state index in [4.69, 9.17) is 15.2 Å². The molecular weight excluding hydrogens is 466 g/mol. The summed E-state index contributed by atoms with van der Waals surface area (Å²) < 4.78 is 10.7. The number of benzene rings is 2. The minimum absolute atomic E-state index is 0.0251. The number of nitro benzene ring substituents is 1. The molecule has 192 valence electrons. The molecule has 1 aliphatic heterocycles. The number of methoxy groups -OCH3 is 1. The molecule has 0 bridgehead atoms. The van der Waals surface area contributed by atoms with Crippen LogP contribution in [0.2, 0.25) is 0 Å². The van der Waals surface area contributed by atoms with Gasteiger partial charge in [-0.1, -0.05) is 38.1 Å². The molecule has 10 nitrogen and oxygen atoms in total. The van der Waals surface area contributed by atoms with Gasteiger partial charge in [-0.3, -0.25) is 24.6 Å². The number of nitrogens with two attached hydrogens (primary N) is 1. The maximum absolute atomic E-state index is 13.4. The monoisotopic (exact) mass is 497 g/mol. The van der Waals surface area contributed by atoms with Gasteiger partial charge in [0.1, 0.15) is 6.04 Å². The van der Waals surface area contributed by atoms with E-state index in [0.29, 0.717) is 11.1 Å². The largest absolute Gasteiger partial charge is 0.486 e. The predicted molar refractivity (Wildman–Crippen MR) is 133 cm³/mol. The van der Waals surface area contributed by atoms with Gasteiger partial charge in [-0.15, -0.1) is 0 Å². The van der Waals surface area contributed by atoms with Crippen LogP contribution in [0.15, 0.2) is 36.4 Å². The molecule has 0 radical (unpaired) electrons. The van der Waals surface area contributed by atoms with E-state index in [-0.39, 0.29) is 47.4 Å². The van der Waals surface area contributed by atoms with Gasteiger partial charge in [0, 0.05) is 23.1 Å². The fraction of sp³-hybridized carbons (Fsp3) is 0.423. The van der Waals surface area contributed by atoms with Crippen LogP contribution in [0.25, 0.3) is 0 Å². The third-order valence-electron chi connectivity index (χ3n) is 6.16. The normalized spacial score (nSPS) is 16.0. The van der Waals surface area contributed by atoms with Crippen molar-refractivity contribution in [3.8, 4) is 5.75 Å². The number of carbonyl (C=O) groups is 3. The Morgan fingerprint density at radius 3 is 2.36 bits per heavy atom. The molecule has 0 saturated heterocycles. The molecule has 1 amide bonds. The van der Waals surface area contributed by atoms with Crippen LogP contribution in [-0.4, -0.2) is 48.4 Å². The SMILES string of the molecule is COC(=O)[C@H](CC(C)C)N(C(=O)C(C)N)c1cccc([C@@H]2COc3c2cccc3[N+](=O)[O-])c1C(C)=O. The smallest absolute Gasteiger partial charge is 0.328 e. The fourth-order valence-corrected chi connectivity index (χ4v) is 4.61. The Balaban J connectivity index is 2.25. The third-order valence-corrected chi connectivity index (χ3v) is 6.16. The molecule has 0 aliphatic carbocycles. The number of nitro groups is 1. The molecular formula is C26H31N3O7. The summed E-state index contributed by atoms with van der Waals surface area (Å²) in [6, 6.07) is 7.69. The van der Waals surface area contributed by atoms with Crippen LogP contribution >= 0.6 is 0 Å². The first-order chi connectivity index (χ1) is 17.0. The van der Waals surface area contributed by atoms with Crippen molar-refractivity contribution in [1.82, 2.24) is 0 Å². The van der Waals surface area contributed by atoms with E-state index in [1.807, 2.05) is 13.8 Å². The van der Waals surface area contributed by atoms with Gasteiger partial charge in [-0.05, 0) is 37.8 Å². The second-order valence-electron chi connectivity index (χ2n) is 9.28. The van der Waals surface area contributed by atoms with Crippen LogP contribution in [-0.2, 0) is 14.3 Å². The highest BCUT2D eigenvalue weighted by molar-refractivity contribution is 6.09. The number of fused-ring (bicyclic) bond motifs is 1. The molecule has 0 saturated carbocycles. The second-order valence-corrected chi connectivity index (χ2v) is 9.28. The van der Waals surface area contributed by atoms with Crippen LogP contribution in [0, 0.1) is 16.0 Å². The Morgan fingerprint density at radius 2 is 1.81 bits per heavy atom. The topological polar surface area (TPSA) is 142 Å². The van der Waals surface area contributed by atoms with E-state index >= 15 is 0 Å². The Hall–Kier alpha value is -3.79. The predicted octanol–water partition coefficient (Wildman–Crippen LogP) is 3.59. The molecule has 36 heavy (non-hydrogen) atoms. The number of Topliss-reactive ketones (excluding diaryl/α,β-unsaturated/α-hetero) is 1. The number of carbonyl (C=O) groups excluding carboxylic acids is 3. The molecule has 2 N–H and O–H groups in total. The van der Waals surface area contributed by atoms with Crippen molar-refractivity contribution in [2.75, 3.05) is 18.6 Å². The maximum atomic E-state index is 13.4. The van der Waals surface area contributed by atoms with Crippen LogP contribution in [0.3, 0.4) is 0 Å². The van der Waals surface area contributed by atoms with Gasteiger partial charge in [0.15, 0.2) is 5.78 Å². The summed E-state index contributed by atoms with van der Waals surface area (Å²) in [5.74, 6) is -1.81.